The molecule has 0 atom stereocenters. The number of carbonyl (C=O) groups excluding carboxylic acids is 1. The molecule has 1 aliphatic carbocycles. The summed E-state index contributed by atoms with van der Waals surface area (Å²) in [5.41, 5.74) is 6.40. The van der Waals surface area contributed by atoms with Crippen molar-refractivity contribution in [1.82, 2.24) is 10.1 Å². The number of carbonyl (C=O) groups is 1. The van der Waals surface area contributed by atoms with Gasteiger partial charge in [0.1, 0.15) is 5.75 Å². The number of ether oxygens (including phenoxy) is 1. The van der Waals surface area contributed by atoms with Crippen molar-refractivity contribution in [3.8, 4) is 5.75 Å². The zero-order valence-corrected chi connectivity index (χ0v) is 13.8. The highest BCUT2D eigenvalue weighted by atomic mass is 35.5. The van der Waals surface area contributed by atoms with E-state index in [1.807, 2.05) is 6.92 Å². The van der Waals surface area contributed by atoms with Crippen LogP contribution in [0.4, 0.5) is 0 Å². The van der Waals surface area contributed by atoms with Crippen LogP contribution in [0.15, 0.2) is 28.8 Å². The van der Waals surface area contributed by atoms with Gasteiger partial charge in [-0.2, -0.15) is 4.98 Å². The van der Waals surface area contributed by atoms with Gasteiger partial charge in [0, 0.05) is 12.0 Å². The van der Waals surface area contributed by atoms with Crippen molar-refractivity contribution in [2.45, 2.75) is 44.8 Å². The smallest absolute Gasteiger partial charge is 0.264 e. The van der Waals surface area contributed by atoms with E-state index in [9.17, 15) is 4.79 Å². The molecule has 7 heteroatoms. The van der Waals surface area contributed by atoms with Crippen molar-refractivity contribution in [2.24, 2.45) is 5.73 Å². The number of halogens is 1. The molecule has 0 radical (unpaired) electrons. The first-order valence-corrected chi connectivity index (χ1v) is 7.49. The standard InChI is InChI=1S/C16H19N3O3.ClH/c1-2-13(20)11-4-6-12(7-5-11)21-10-14-18-15(19-22-14)16(17)8-3-9-16;/h4-7H,2-3,8-10,17H2,1H3;1H. The summed E-state index contributed by atoms with van der Waals surface area (Å²) >= 11 is 0. The number of nitrogens with zero attached hydrogens (tertiary/aromatic N) is 2. The molecule has 1 fully saturated rings. The molecule has 1 saturated carbocycles. The molecular weight excluding hydrogens is 318 g/mol. The van der Waals surface area contributed by atoms with E-state index in [2.05, 4.69) is 10.1 Å². The number of benzene rings is 1. The maximum absolute atomic E-state index is 11.5. The lowest BCUT2D eigenvalue weighted by Crippen LogP contribution is -2.44. The lowest BCUT2D eigenvalue weighted by atomic mass is 9.77. The number of Topliss-reactive ketones (excluding diaryl/α,β-unsaturated/α-hetero) is 1. The third-order valence-corrected chi connectivity index (χ3v) is 4.02. The second-order valence-electron chi connectivity index (χ2n) is 5.61. The minimum Gasteiger partial charge on any atom is -0.484 e. The highest BCUT2D eigenvalue weighted by Gasteiger charge is 2.38. The summed E-state index contributed by atoms with van der Waals surface area (Å²) in [7, 11) is 0. The molecule has 1 heterocycles. The first-order chi connectivity index (χ1) is 10.6. The van der Waals surface area contributed by atoms with E-state index in [1.165, 1.54) is 0 Å². The van der Waals surface area contributed by atoms with Gasteiger partial charge in [-0.3, -0.25) is 4.79 Å². The minimum absolute atomic E-state index is 0. The quantitative estimate of drug-likeness (QED) is 0.815. The highest BCUT2D eigenvalue weighted by Crippen LogP contribution is 2.36. The number of ketones is 1. The Kier molecular flexibility index (Phi) is 5.38. The second kappa shape index (κ2) is 7.10. The molecule has 2 N–H and O–H groups in total. The average molecular weight is 338 g/mol. The fourth-order valence-electron chi connectivity index (χ4n) is 2.38. The first-order valence-electron chi connectivity index (χ1n) is 7.49. The maximum Gasteiger partial charge on any atom is 0.264 e. The molecule has 1 aliphatic rings. The molecule has 6 nitrogen and oxygen atoms in total. The van der Waals surface area contributed by atoms with Crippen molar-refractivity contribution in [3.05, 3.63) is 41.5 Å². The van der Waals surface area contributed by atoms with Gasteiger partial charge in [0.05, 0.1) is 5.54 Å². The Bertz CT molecular complexity index is 665. The largest absolute Gasteiger partial charge is 0.484 e. The number of aromatic nitrogens is 2. The van der Waals surface area contributed by atoms with Gasteiger partial charge >= 0.3 is 0 Å². The molecule has 0 amide bonds. The number of hydrogen-bond donors (Lipinski definition) is 1. The van der Waals surface area contributed by atoms with Crippen LogP contribution in [0, 0.1) is 0 Å². The summed E-state index contributed by atoms with van der Waals surface area (Å²) < 4.78 is 10.8. The lowest BCUT2D eigenvalue weighted by Gasteiger charge is -2.34. The summed E-state index contributed by atoms with van der Waals surface area (Å²) in [6.07, 6.45) is 3.37. The van der Waals surface area contributed by atoms with Crippen LogP contribution in [-0.4, -0.2) is 15.9 Å². The summed E-state index contributed by atoms with van der Waals surface area (Å²) in [5, 5.41) is 3.93. The van der Waals surface area contributed by atoms with Crippen LogP contribution in [0.5, 0.6) is 5.75 Å². The first kappa shape index (κ1) is 17.4. The summed E-state index contributed by atoms with van der Waals surface area (Å²) in [5.74, 6) is 1.72. The van der Waals surface area contributed by atoms with Crippen LogP contribution in [0.3, 0.4) is 0 Å². The summed E-state index contributed by atoms with van der Waals surface area (Å²) in [6.45, 7) is 2.02. The molecule has 23 heavy (non-hydrogen) atoms. The van der Waals surface area contributed by atoms with Crippen molar-refractivity contribution in [1.29, 1.82) is 0 Å². The molecule has 124 valence electrons. The molecule has 0 aliphatic heterocycles. The predicted molar refractivity (Wildman–Crippen MR) is 86.7 cm³/mol. The van der Waals surface area contributed by atoms with E-state index in [1.54, 1.807) is 24.3 Å². The molecule has 1 aromatic heterocycles. The normalized spacial score (nSPS) is 15.4. The molecule has 2 aromatic rings. The third kappa shape index (κ3) is 3.71. The van der Waals surface area contributed by atoms with E-state index < -0.39 is 5.54 Å². The summed E-state index contributed by atoms with van der Waals surface area (Å²) in [6, 6.07) is 7.03. The van der Waals surface area contributed by atoms with Gasteiger partial charge in [-0.1, -0.05) is 12.1 Å². The predicted octanol–water partition coefficient (Wildman–Crippen LogP) is 3.00. The number of nitrogens with two attached hydrogens (primary N) is 1. The second-order valence-corrected chi connectivity index (χ2v) is 5.61. The number of rotatable bonds is 6. The fraction of sp³-hybridized carbons (Fsp3) is 0.438. The Hall–Kier alpha value is -1.92. The Morgan fingerprint density at radius 3 is 2.61 bits per heavy atom. The zero-order chi connectivity index (χ0) is 15.6. The van der Waals surface area contributed by atoms with Crippen LogP contribution in [-0.2, 0) is 12.1 Å². The molecule has 0 saturated heterocycles. The van der Waals surface area contributed by atoms with Crippen molar-refractivity contribution in [3.63, 3.8) is 0 Å². The Morgan fingerprint density at radius 2 is 2.04 bits per heavy atom. The van der Waals surface area contributed by atoms with Gasteiger partial charge in [-0.15, -0.1) is 12.4 Å². The molecule has 3 rings (SSSR count). The van der Waals surface area contributed by atoms with Crippen LogP contribution < -0.4 is 10.5 Å². The van der Waals surface area contributed by atoms with Gasteiger partial charge in [-0.05, 0) is 43.5 Å². The average Bonchev–Trinajstić information content (AvgIpc) is 2.99. The zero-order valence-electron chi connectivity index (χ0n) is 12.9. The van der Waals surface area contributed by atoms with Crippen molar-refractivity contribution in [2.75, 3.05) is 0 Å². The van der Waals surface area contributed by atoms with Gasteiger partial charge < -0.3 is 15.0 Å². The number of hydrogen-bond acceptors (Lipinski definition) is 6. The lowest BCUT2D eigenvalue weighted by molar-refractivity contribution is 0.0988. The van der Waals surface area contributed by atoms with Crippen molar-refractivity contribution >= 4 is 18.2 Å². The molecular formula is C16H20ClN3O3. The Labute approximate surface area is 140 Å². The van der Waals surface area contributed by atoms with Gasteiger partial charge in [0.25, 0.3) is 5.89 Å². The Balaban J connectivity index is 0.00000192. The van der Waals surface area contributed by atoms with Crippen LogP contribution >= 0.6 is 12.4 Å². The Morgan fingerprint density at radius 1 is 1.35 bits per heavy atom. The van der Waals surface area contributed by atoms with E-state index in [-0.39, 0.29) is 24.8 Å². The van der Waals surface area contributed by atoms with Crippen molar-refractivity contribution < 1.29 is 14.1 Å². The highest BCUT2D eigenvalue weighted by molar-refractivity contribution is 5.95. The topological polar surface area (TPSA) is 91.2 Å². The van der Waals surface area contributed by atoms with Gasteiger partial charge in [0.15, 0.2) is 18.2 Å². The van der Waals surface area contributed by atoms with E-state index in [0.717, 1.165) is 19.3 Å². The SMILES string of the molecule is CCC(=O)c1ccc(OCc2nc(C3(N)CCC3)no2)cc1.Cl. The van der Waals surface area contributed by atoms with E-state index in [0.29, 0.717) is 29.4 Å². The monoisotopic (exact) mass is 337 g/mol. The maximum atomic E-state index is 11.5. The van der Waals surface area contributed by atoms with Gasteiger partial charge in [0.2, 0.25) is 0 Å². The van der Waals surface area contributed by atoms with E-state index >= 15 is 0 Å². The van der Waals surface area contributed by atoms with Crippen LogP contribution in [0.1, 0.15) is 54.7 Å². The minimum atomic E-state index is -0.427. The molecule has 0 bridgehead atoms. The van der Waals surface area contributed by atoms with E-state index in [4.69, 9.17) is 15.0 Å². The molecule has 0 unspecified atom stereocenters. The molecule has 0 spiro atoms. The van der Waals surface area contributed by atoms with Crippen LogP contribution in [0.2, 0.25) is 0 Å². The third-order valence-electron chi connectivity index (χ3n) is 4.02. The fourth-order valence-corrected chi connectivity index (χ4v) is 2.38. The van der Waals surface area contributed by atoms with Gasteiger partial charge in [-0.25, -0.2) is 0 Å². The van der Waals surface area contributed by atoms with Crippen LogP contribution in [0.25, 0.3) is 0 Å². The summed E-state index contributed by atoms with van der Waals surface area (Å²) in [4.78, 5) is 15.8. The molecule has 1 aromatic carbocycles.